The lowest BCUT2D eigenvalue weighted by molar-refractivity contribution is -0.141. The standard InChI is InChI=1S/C7H11BN3O5/c1-8-16-9-2-4-6(14)11(3-5(12)13)7(15)10-4/h4,9H,2-3H2,1H3,(H,10,15)(H,12,13). The third-order valence-electron chi connectivity index (χ3n) is 1.89. The Balaban J connectivity index is 2.49. The van der Waals surface area contributed by atoms with Crippen LogP contribution >= 0.6 is 0 Å². The Hall–Kier alpha value is -1.61. The van der Waals surface area contributed by atoms with Crippen molar-refractivity contribution in [2.45, 2.75) is 12.9 Å². The van der Waals surface area contributed by atoms with E-state index in [1.807, 2.05) is 0 Å². The summed E-state index contributed by atoms with van der Waals surface area (Å²) in [7, 11) is 1.37. The summed E-state index contributed by atoms with van der Waals surface area (Å²) in [6.45, 7) is 1.08. The minimum Gasteiger partial charge on any atom is -0.480 e. The van der Waals surface area contributed by atoms with E-state index in [9.17, 15) is 14.4 Å². The molecule has 1 radical (unpaired) electrons. The molecule has 0 spiro atoms. The van der Waals surface area contributed by atoms with Crippen LogP contribution in [0.1, 0.15) is 0 Å². The van der Waals surface area contributed by atoms with Gasteiger partial charge in [-0.3, -0.25) is 14.5 Å². The number of urea groups is 1. The Kier molecular flexibility index (Phi) is 4.26. The first-order valence-corrected chi connectivity index (χ1v) is 4.56. The summed E-state index contributed by atoms with van der Waals surface area (Å²) >= 11 is 0. The van der Waals surface area contributed by atoms with Gasteiger partial charge in [0.15, 0.2) is 0 Å². The van der Waals surface area contributed by atoms with Gasteiger partial charge in [-0.05, 0) is 0 Å². The number of hydroxylamine groups is 1. The van der Waals surface area contributed by atoms with Gasteiger partial charge in [0.1, 0.15) is 12.6 Å². The number of amides is 3. The van der Waals surface area contributed by atoms with Crippen LogP contribution in [0.25, 0.3) is 0 Å². The monoisotopic (exact) mass is 228 g/mol. The molecule has 16 heavy (non-hydrogen) atoms. The number of carbonyl (C=O) groups is 3. The van der Waals surface area contributed by atoms with Crippen molar-refractivity contribution in [1.29, 1.82) is 0 Å². The lowest BCUT2D eigenvalue weighted by Crippen LogP contribution is -2.40. The molecule has 3 N–H and O–H groups in total. The molecule has 1 rings (SSSR count). The van der Waals surface area contributed by atoms with Gasteiger partial charge >= 0.3 is 19.5 Å². The average Bonchev–Trinajstić information content (AvgIpc) is 2.46. The highest BCUT2D eigenvalue weighted by Crippen LogP contribution is 2.05. The molecule has 1 aliphatic rings. The van der Waals surface area contributed by atoms with E-state index in [1.54, 1.807) is 6.82 Å². The molecular weight excluding hydrogens is 217 g/mol. The van der Waals surface area contributed by atoms with Crippen LogP contribution in [0.15, 0.2) is 0 Å². The zero-order valence-corrected chi connectivity index (χ0v) is 8.60. The first-order chi connectivity index (χ1) is 7.56. The number of nitrogens with zero attached hydrogens (tertiary/aromatic N) is 1. The highest BCUT2D eigenvalue weighted by Gasteiger charge is 2.38. The first kappa shape index (κ1) is 12.5. The fourth-order valence-corrected chi connectivity index (χ4v) is 1.22. The molecule has 0 saturated carbocycles. The van der Waals surface area contributed by atoms with Crippen LogP contribution in [0, 0.1) is 0 Å². The van der Waals surface area contributed by atoms with Crippen molar-refractivity contribution in [3.63, 3.8) is 0 Å². The van der Waals surface area contributed by atoms with Crippen LogP contribution in [0.3, 0.4) is 0 Å². The molecular formula is C7H11BN3O5. The van der Waals surface area contributed by atoms with E-state index in [0.29, 0.717) is 4.90 Å². The van der Waals surface area contributed by atoms with E-state index >= 15 is 0 Å². The number of aliphatic carboxylic acids is 1. The Morgan fingerprint density at radius 1 is 1.69 bits per heavy atom. The van der Waals surface area contributed by atoms with Gasteiger partial charge in [0.05, 0.1) is 0 Å². The first-order valence-electron chi connectivity index (χ1n) is 4.56. The molecule has 0 aromatic carbocycles. The van der Waals surface area contributed by atoms with E-state index < -0.39 is 30.5 Å². The maximum atomic E-state index is 11.5. The minimum atomic E-state index is -1.24. The molecule has 9 heteroatoms. The summed E-state index contributed by atoms with van der Waals surface area (Å²) in [5, 5.41) is 10.8. The van der Waals surface area contributed by atoms with E-state index in [-0.39, 0.29) is 6.54 Å². The molecule has 0 aromatic heterocycles. The third kappa shape index (κ3) is 2.94. The van der Waals surface area contributed by atoms with Gasteiger partial charge in [-0.25, -0.2) is 10.3 Å². The Labute approximate surface area is 92.2 Å². The van der Waals surface area contributed by atoms with E-state index in [4.69, 9.17) is 5.11 Å². The van der Waals surface area contributed by atoms with E-state index in [1.165, 1.54) is 7.48 Å². The average molecular weight is 228 g/mol. The lowest BCUT2D eigenvalue weighted by atomic mass is 10.1. The fraction of sp³-hybridized carbons (Fsp3) is 0.571. The van der Waals surface area contributed by atoms with Gasteiger partial charge in [-0.1, -0.05) is 6.82 Å². The van der Waals surface area contributed by atoms with Gasteiger partial charge in [-0.2, -0.15) is 0 Å². The molecule has 1 aliphatic heterocycles. The summed E-state index contributed by atoms with van der Waals surface area (Å²) in [6, 6.07) is -1.51. The number of carboxylic acids is 1. The summed E-state index contributed by atoms with van der Waals surface area (Å²) in [5.41, 5.74) is 2.44. The van der Waals surface area contributed by atoms with Crippen molar-refractivity contribution in [3.8, 4) is 0 Å². The van der Waals surface area contributed by atoms with Gasteiger partial charge in [0.25, 0.3) is 5.91 Å². The number of carboxylic acid groups (broad SMARTS) is 1. The summed E-state index contributed by atoms with van der Waals surface area (Å²) in [5.74, 6) is -1.82. The Morgan fingerprint density at radius 3 is 2.94 bits per heavy atom. The second kappa shape index (κ2) is 5.47. The molecule has 8 nitrogen and oxygen atoms in total. The zero-order chi connectivity index (χ0) is 12.1. The molecule has 0 bridgehead atoms. The van der Waals surface area contributed by atoms with Crippen molar-refractivity contribution in [1.82, 2.24) is 15.7 Å². The minimum absolute atomic E-state index is 0.0744. The number of hydrogen-bond donors (Lipinski definition) is 3. The molecule has 0 aromatic rings. The second-order valence-corrected chi connectivity index (χ2v) is 3.02. The fourth-order valence-electron chi connectivity index (χ4n) is 1.22. The van der Waals surface area contributed by atoms with Crippen LogP contribution in [0.4, 0.5) is 4.79 Å². The quantitative estimate of drug-likeness (QED) is 0.214. The Bertz CT molecular complexity index is 310. The SMILES string of the molecule is C[B]ONCC1NC(=O)N(CC(=O)O)C1=O. The van der Waals surface area contributed by atoms with E-state index in [0.717, 1.165) is 0 Å². The molecule has 1 atom stereocenters. The summed E-state index contributed by atoms with van der Waals surface area (Å²) in [4.78, 5) is 33.8. The topological polar surface area (TPSA) is 108 Å². The van der Waals surface area contributed by atoms with Gasteiger partial charge in [0, 0.05) is 6.54 Å². The van der Waals surface area contributed by atoms with Gasteiger partial charge < -0.3 is 15.2 Å². The van der Waals surface area contributed by atoms with Gasteiger partial charge in [-0.15, -0.1) is 0 Å². The zero-order valence-electron chi connectivity index (χ0n) is 8.60. The molecule has 1 unspecified atom stereocenters. The normalized spacial score (nSPS) is 19.8. The van der Waals surface area contributed by atoms with Crippen LogP contribution in [-0.2, 0) is 14.3 Å². The number of nitrogens with one attached hydrogen (secondary N) is 2. The largest absolute Gasteiger partial charge is 0.480 e. The lowest BCUT2D eigenvalue weighted by Gasteiger charge is -2.10. The van der Waals surface area contributed by atoms with E-state index in [2.05, 4.69) is 15.6 Å². The maximum absolute atomic E-state index is 11.5. The predicted octanol–water partition coefficient (Wildman–Crippen LogP) is -1.82. The number of imide groups is 1. The Morgan fingerprint density at radius 2 is 2.38 bits per heavy atom. The third-order valence-corrected chi connectivity index (χ3v) is 1.89. The van der Waals surface area contributed by atoms with Crippen molar-refractivity contribution in [3.05, 3.63) is 0 Å². The molecule has 1 saturated heterocycles. The number of carbonyl (C=O) groups excluding carboxylic acids is 2. The van der Waals surface area contributed by atoms with Crippen molar-refractivity contribution < 1.29 is 24.2 Å². The van der Waals surface area contributed by atoms with Crippen molar-refractivity contribution in [2.24, 2.45) is 0 Å². The highest BCUT2D eigenvalue weighted by molar-refractivity contribution is 6.24. The van der Waals surface area contributed by atoms with Crippen LogP contribution < -0.4 is 10.8 Å². The second-order valence-electron chi connectivity index (χ2n) is 3.02. The predicted molar refractivity (Wildman–Crippen MR) is 52.4 cm³/mol. The number of rotatable bonds is 6. The van der Waals surface area contributed by atoms with Crippen LogP contribution in [0.5, 0.6) is 0 Å². The smallest absolute Gasteiger partial charge is 0.325 e. The molecule has 1 heterocycles. The molecule has 3 amide bonds. The molecule has 0 aliphatic carbocycles. The maximum Gasteiger partial charge on any atom is 0.325 e. The van der Waals surface area contributed by atoms with Crippen LogP contribution in [0.2, 0.25) is 6.82 Å². The summed E-state index contributed by atoms with van der Waals surface area (Å²) in [6.07, 6.45) is 0. The van der Waals surface area contributed by atoms with Crippen molar-refractivity contribution >= 4 is 25.4 Å². The summed E-state index contributed by atoms with van der Waals surface area (Å²) < 4.78 is 4.68. The van der Waals surface area contributed by atoms with Gasteiger partial charge in [0.2, 0.25) is 0 Å². The number of hydrogen-bond acceptors (Lipinski definition) is 5. The van der Waals surface area contributed by atoms with Crippen LogP contribution in [-0.4, -0.2) is 54.5 Å². The molecule has 1 fully saturated rings. The highest BCUT2D eigenvalue weighted by atomic mass is 16.6. The molecule has 87 valence electrons. The van der Waals surface area contributed by atoms with Crippen molar-refractivity contribution in [2.75, 3.05) is 13.1 Å².